The lowest BCUT2D eigenvalue weighted by molar-refractivity contribution is 0.258. The molecule has 0 saturated heterocycles. The molecule has 0 amide bonds. The molecule has 0 heterocycles. The summed E-state index contributed by atoms with van der Waals surface area (Å²) in [6.07, 6.45) is 4.56. The first-order valence-electron chi connectivity index (χ1n) is 2.83. The molecule has 0 aromatic rings. The van der Waals surface area contributed by atoms with Crippen molar-refractivity contribution in [1.29, 1.82) is 0 Å². The van der Waals surface area contributed by atoms with E-state index in [1.165, 1.54) is 6.26 Å². The van der Waals surface area contributed by atoms with Gasteiger partial charge in [-0.15, -0.1) is 0 Å². The number of hydrogen-bond acceptors (Lipinski definition) is 2. The van der Waals surface area contributed by atoms with Gasteiger partial charge in [0.25, 0.3) is 0 Å². The zero-order valence-corrected chi connectivity index (χ0v) is 5.42. The first-order chi connectivity index (χ1) is 3.81. The minimum Gasteiger partial charge on any atom is -0.420 e. The maximum atomic E-state index is 4.74. The van der Waals surface area contributed by atoms with Crippen molar-refractivity contribution in [1.82, 2.24) is 0 Å². The van der Waals surface area contributed by atoms with Crippen LogP contribution in [0.25, 0.3) is 0 Å². The summed E-state index contributed by atoms with van der Waals surface area (Å²) in [5, 5.41) is 0. The molecule has 0 bridgehead atoms. The fourth-order valence-corrected chi connectivity index (χ4v) is 0.316. The number of nitrogens with two attached hydrogens (primary N) is 1. The first-order valence-corrected chi connectivity index (χ1v) is 2.83. The number of rotatable bonds is 3. The van der Waals surface area contributed by atoms with E-state index in [2.05, 4.69) is 18.7 Å². The van der Waals surface area contributed by atoms with E-state index in [0.717, 1.165) is 6.42 Å². The molecule has 1 unspecified atom stereocenters. The minimum atomic E-state index is 0.568. The van der Waals surface area contributed by atoms with Gasteiger partial charge in [0.2, 0.25) is 0 Å². The van der Waals surface area contributed by atoms with Crippen LogP contribution in [0.2, 0.25) is 0 Å². The topological polar surface area (TPSA) is 35.2 Å². The van der Waals surface area contributed by atoms with Crippen LogP contribution >= 0.6 is 0 Å². The van der Waals surface area contributed by atoms with Crippen molar-refractivity contribution in [2.24, 2.45) is 11.8 Å². The molecule has 0 aliphatic heterocycles. The van der Waals surface area contributed by atoms with Gasteiger partial charge < -0.3 is 4.84 Å². The van der Waals surface area contributed by atoms with Crippen LogP contribution in [0.4, 0.5) is 0 Å². The van der Waals surface area contributed by atoms with E-state index < -0.39 is 0 Å². The second kappa shape index (κ2) is 4.65. The van der Waals surface area contributed by atoms with Crippen molar-refractivity contribution in [2.75, 3.05) is 0 Å². The van der Waals surface area contributed by atoms with Crippen molar-refractivity contribution in [3.63, 3.8) is 0 Å². The van der Waals surface area contributed by atoms with Gasteiger partial charge in [0.15, 0.2) is 0 Å². The molecular formula is C6H13NO. The largest absolute Gasteiger partial charge is 0.420 e. The molecule has 0 saturated carbocycles. The highest BCUT2D eigenvalue weighted by molar-refractivity contribution is 4.78. The van der Waals surface area contributed by atoms with Gasteiger partial charge in [-0.25, -0.2) is 0 Å². The molecule has 0 radical (unpaired) electrons. The fourth-order valence-electron chi connectivity index (χ4n) is 0.316. The predicted molar refractivity (Wildman–Crippen MR) is 33.9 cm³/mol. The van der Waals surface area contributed by atoms with Crippen LogP contribution in [-0.2, 0) is 4.84 Å². The van der Waals surface area contributed by atoms with Gasteiger partial charge >= 0.3 is 0 Å². The Labute approximate surface area is 50.3 Å². The van der Waals surface area contributed by atoms with Crippen molar-refractivity contribution in [3.05, 3.63) is 12.3 Å². The predicted octanol–water partition coefficient (Wildman–Crippen LogP) is 1.44. The van der Waals surface area contributed by atoms with Crippen LogP contribution < -0.4 is 5.90 Å². The molecule has 2 heteroatoms. The molecule has 2 nitrogen and oxygen atoms in total. The quantitative estimate of drug-likeness (QED) is 0.446. The summed E-state index contributed by atoms with van der Waals surface area (Å²) in [5.74, 6) is 5.31. The molecule has 0 aromatic carbocycles. The van der Waals surface area contributed by atoms with Gasteiger partial charge in [0, 0.05) is 0 Å². The van der Waals surface area contributed by atoms with Gasteiger partial charge in [-0.1, -0.05) is 13.8 Å². The highest BCUT2D eigenvalue weighted by Crippen LogP contribution is 2.00. The zero-order valence-electron chi connectivity index (χ0n) is 5.42. The smallest absolute Gasteiger partial charge is 0.107 e. The molecule has 0 aliphatic carbocycles. The zero-order chi connectivity index (χ0) is 6.41. The average molecular weight is 115 g/mol. The Balaban J connectivity index is 3.21. The van der Waals surface area contributed by atoms with E-state index in [9.17, 15) is 0 Å². The first kappa shape index (κ1) is 7.50. The van der Waals surface area contributed by atoms with Crippen LogP contribution in [0, 0.1) is 5.92 Å². The molecular weight excluding hydrogens is 102 g/mol. The second-order valence-electron chi connectivity index (χ2n) is 1.85. The van der Waals surface area contributed by atoms with E-state index >= 15 is 0 Å². The van der Waals surface area contributed by atoms with Gasteiger partial charge in [0.05, 0.1) is 0 Å². The summed E-state index contributed by atoms with van der Waals surface area (Å²) < 4.78 is 0. The Morgan fingerprint density at radius 3 is 2.75 bits per heavy atom. The third kappa shape index (κ3) is 3.68. The van der Waals surface area contributed by atoms with Gasteiger partial charge in [-0.05, 0) is 18.4 Å². The third-order valence-electron chi connectivity index (χ3n) is 1.13. The highest BCUT2D eigenvalue weighted by atomic mass is 16.6. The molecule has 8 heavy (non-hydrogen) atoms. The van der Waals surface area contributed by atoms with Crippen molar-refractivity contribution in [2.45, 2.75) is 20.3 Å². The van der Waals surface area contributed by atoms with Crippen LogP contribution in [0.3, 0.4) is 0 Å². The standard InChI is InChI=1S/C6H13NO/c1-3-6(2)4-5-8-7/h4-6H,3,7H2,1-2H3. The Bertz CT molecular complexity index is 70.9. The monoisotopic (exact) mass is 115 g/mol. The van der Waals surface area contributed by atoms with Crippen molar-refractivity contribution in [3.8, 4) is 0 Å². The Morgan fingerprint density at radius 1 is 1.75 bits per heavy atom. The number of allylic oxidation sites excluding steroid dienone is 1. The summed E-state index contributed by atoms with van der Waals surface area (Å²) in [6, 6.07) is 0. The molecule has 0 aromatic heterocycles. The van der Waals surface area contributed by atoms with Crippen LogP contribution in [0.1, 0.15) is 20.3 Å². The average Bonchev–Trinajstić information content (AvgIpc) is 1.83. The van der Waals surface area contributed by atoms with E-state index in [1.54, 1.807) is 0 Å². The SMILES string of the molecule is CCC(C)C=CON. The normalized spacial score (nSPS) is 14.4. The molecule has 48 valence electrons. The van der Waals surface area contributed by atoms with E-state index in [4.69, 9.17) is 5.90 Å². The highest BCUT2D eigenvalue weighted by Gasteiger charge is 1.87. The molecule has 0 aliphatic rings. The lowest BCUT2D eigenvalue weighted by Gasteiger charge is -1.96. The van der Waals surface area contributed by atoms with Crippen LogP contribution in [0.15, 0.2) is 12.3 Å². The third-order valence-corrected chi connectivity index (χ3v) is 1.13. The molecule has 2 N–H and O–H groups in total. The lowest BCUT2D eigenvalue weighted by Crippen LogP contribution is -1.90. The van der Waals surface area contributed by atoms with Crippen LogP contribution in [0.5, 0.6) is 0 Å². The fraction of sp³-hybridized carbons (Fsp3) is 0.667. The summed E-state index contributed by atoms with van der Waals surface area (Å²) in [4.78, 5) is 4.23. The Morgan fingerprint density at radius 2 is 2.38 bits per heavy atom. The maximum absolute atomic E-state index is 4.74. The molecule has 1 atom stereocenters. The number of hydrogen-bond donors (Lipinski definition) is 1. The molecule has 0 rings (SSSR count). The van der Waals surface area contributed by atoms with Crippen LogP contribution in [-0.4, -0.2) is 0 Å². The van der Waals surface area contributed by atoms with E-state index in [0.29, 0.717) is 5.92 Å². The van der Waals surface area contributed by atoms with E-state index in [-0.39, 0.29) is 0 Å². The van der Waals surface area contributed by atoms with Crippen molar-refractivity contribution >= 4 is 0 Å². The Kier molecular flexibility index (Phi) is 4.36. The van der Waals surface area contributed by atoms with Crippen molar-refractivity contribution < 1.29 is 4.84 Å². The molecule has 0 spiro atoms. The summed E-state index contributed by atoms with van der Waals surface area (Å²) in [6.45, 7) is 4.22. The molecule has 0 fully saturated rings. The summed E-state index contributed by atoms with van der Waals surface area (Å²) in [5.41, 5.74) is 0. The van der Waals surface area contributed by atoms with Gasteiger partial charge in [0.1, 0.15) is 6.26 Å². The lowest BCUT2D eigenvalue weighted by atomic mass is 10.1. The maximum Gasteiger partial charge on any atom is 0.107 e. The van der Waals surface area contributed by atoms with E-state index in [1.807, 2.05) is 6.08 Å². The van der Waals surface area contributed by atoms with Gasteiger partial charge in [-0.2, -0.15) is 5.90 Å². The second-order valence-corrected chi connectivity index (χ2v) is 1.85. The van der Waals surface area contributed by atoms with Gasteiger partial charge in [-0.3, -0.25) is 0 Å². The Hall–Kier alpha value is -0.500. The summed E-state index contributed by atoms with van der Waals surface area (Å²) >= 11 is 0. The minimum absolute atomic E-state index is 0.568. The summed E-state index contributed by atoms with van der Waals surface area (Å²) in [7, 11) is 0.